The number of ether oxygens (including phenoxy) is 1. The number of anilines is 1. The second-order valence-electron chi connectivity index (χ2n) is 7.22. The predicted molar refractivity (Wildman–Crippen MR) is 102 cm³/mol. The maximum atomic E-state index is 12.6. The van der Waals surface area contributed by atoms with Crippen LogP contribution in [0.3, 0.4) is 0 Å². The van der Waals surface area contributed by atoms with Gasteiger partial charge in [-0.3, -0.25) is 9.59 Å². The van der Waals surface area contributed by atoms with Crippen molar-refractivity contribution in [1.29, 1.82) is 5.26 Å². The summed E-state index contributed by atoms with van der Waals surface area (Å²) in [6.45, 7) is 1.58. The second-order valence-corrected chi connectivity index (χ2v) is 7.22. The van der Waals surface area contributed by atoms with E-state index in [2.05, 4.69) is 16.7 Å². The minimum absolute atomic E-state index is 0.00274. The third-order valence-electron chi connectivity index (χ3n) is 5.33. The molecule has 1 saturated carbocycles. The van der Waals surface area contributed by atoms with E-state index in [1.165, 1.54) is 0 Å². The number of hydrogen-bond acceptors (Lipinski definition) is 5. The summed E-state index contributed by atoms with van der Waals surface area (Å²) in [5, 5.41) is 15.3. The van der Waals surface area contributed by atoms with Gasteiger partial charge in [0.15, 0.2) is 0 Å². The molecule has 0 unspecified atom stereocenters. The largest absolute Gasteiger partial charge is 0.495 e. The van der Waals surface area contributed by atoms with Gasteiger partial charge in [-0.1, -0.05) is 0 Å². The van der Waals surface area contributed by atoms with Crippen molar-refractivity contribution in [1.82, 2.24) is 10.2 Å². The molecule has 0 bridgehead atoms. The second kappa shape index (κ2) is 8.30. The van der Waals surface area contributed by atoms with Crippen LogP contribution in [0.4, 0.5) is 5.69 Å². The van der Waals surface area contributed by atoms with Crippen molar-refractivity contribution in [2.24, 2.45) is 0 Å². The number of carbonyl (C=O) groups excluding carboxylic acids is 2. The van der Waals surface area contributed by atoms with Crippen LogP contribution in [0.2, 0.25) is 0 Å². The van der Waals surface area contributed by atoms with Crippen molar-refractivity contribution in [2.75, 3.05) is 32.1 Å². The average Bonchev–Trinajstić information content (AvgIpc) is 3.38. The molecule has 1 heterocycles. The van der Waals surface area contributed by atoms with E-state index >= 15 is 0 Å². The maximum Gasteiger partial charge on any atom is 0.253 e. The summed E-state index contributed by atoms with van der Waals surface area (Å²) < 4.78 is 5.34. The predicted octanol–water partition coefficient (Wildman–Crippen LogP) is 2.30. The van der Waals surface area contributed by atoms with Crippen LogP contribution in [0, 0.1) is 11.3 Å². The SMILES string of the molecule is COc1ccc(C(=O)N2CCCC2)cc1NCC(=O)NC1(C#N)CCCC1. The smallest absolute Gasteiger partial charge is 0.253 e. The van der Waals surface area contributed by atoms with Gasteiger partial charge < -0.3 is 20.3 Å². The number of nitriles is 1. The van der Waals surface area contributed by atoms with E-state index in [0.29, 0.717) is 29.8 Å². The summed E-state index contributed by atoms with van der Waals surface area (Å²) in [6.07, 6.45) is 5.36. The number of methoxy groups -OCH3 is 1. The Hall–Kier alpha value is -2.75. The highest BCUT2D eigenvalue weighted by Crippen LogP contribution is 2.29. The lowest BCUT2D eigenvalue weighted by Crippen LogP contribution is -2.47. The molecular weight excluding hydrogens is 344 g/mol. The first kappa shape index (κ1) is 19.0. The van der Waals surface area contributed by atoms with Crippen LogP contribution in [0.15, 0.2) is 18.2 Å². The topological polar surface area (TPSA) is 94.5 Å². The molecular formula is C20H26N4O3. The highest BCUT2D eigenvalue weighted by Gasteiger charge is 2.35. The van der Waals surface area contributed by atoms with Gasteiger partial charge in [-0.2, -0.15) is 5.26 Å². The molecule has 2 amide bonds. The summed E-state index contributed by atoms with van der Waals surface area (Å²) in [6, 6.07) is 7.45. The quantitative estimate of drug-likeness (QED) is 0.801. The number of rotatable bonds is 6. The number of amides is 2. The van der Waals surface area contributed by atoms with Crippen LogP contribution in [-0.4, -0.2) is 49.0 Å². The fourth-order valence-electron chi connectivity index (χ4n) is 3.81. The van der Waals surface area contributed by atoms with Crippen LogP contribution >= 0.6 is 0 Å². The third-order valence-corrected chi connectivity index (χ3v) is 5.33. The van der Waals surface area contributed by atoms with Gasteiger partial charge in [-0.15, -0.1) is 0 Å². The van der Waals surface area contributed by atoms with Crippen LogP contribution in [0.1, 0.15) is 48.9 Å². The normalized spacial score (nSPS) is 18.0. The van der Waals surface area contributed by atoms with E-state index in [1.54, 1.807) is 25.3 Å². The van der Waals surface area contributed by atoms with E-state index in [4.69, 9.17) is 4.74 Å². The maximum absolute atomic E-state index is 12.6. The van der Waals surface area contributed by atoms with Gasteiger partial charge in [0.2, 0.25) is 5.91 Å². The van der Waals surface area contributed by atoms with Gasteiger partial charge in [0.05, 0.1) is 25.4 Å². The first-order chi connectivity index (χ1) is 13.1. The van der Waals surface area contributed by atoms with Crippen LogP contribution in [0.5, 0.6) is 5.75 Å². The van der Waals surface area contributed by atoms with E-state index in [-0.39, 0.29) is 18.4 Å². The number of carbonyl (C=O) groups is 2. The number of benzene rings is 1. The Kier molecular flexibility index (Phi) is 5.84. The fourth-order valence-corrected chi connectivity index (χ4v) is 3.81. The fraction of sp³-hybridized carbons (Fsp3) is 0.550. The van der Waals surface area contributed by atoms with Crippen molar-refractivity contribution < 1.29 is 14.3 Å². The Morgan fingerprint density at radius 1 is 1.22 bits per heavy atom. The van der Waals surface area contributed by atoms with Crippen LogP contribution in [0.25, 0.3) is 0 Å². The van der Waals surface area contributed by atoms with Crippen LogP contribution < -0.4 is 15.4 Å². The molecule has 0 spiro atoms. The van der Waals surface area contributed by atoms with E-state index in [1.807, 2.05) is 4.90 Å². The zero-order valence-electron chi connectivity index (χ0n) is 15.7. The standard InChI is InChI=1S/C20H26N4O3/c1-27-17-7-6-15(19(26)24-10-4-5-11-24)12-16(17)22-13-18(25)23-20(14-21)8-2-3-9-20/h6-7,12,22H,2-5,8-11,13H2,1H3,(H,23,25). The zero-order chi connectivity index (χ0) is 19.3. The lowest BCUT2D eigenvalue weighted by atomic mass is 10.00. The summed E-state index contributed by atoms with van der Waals surface area (Å²) in [4.78, 5) is 26.8. The monoisotopic (exact) mass is 370 g/mol. The average molecular weight is 370 g/mol. The lowest BCUT2D eigenvalue weighted by molar-refractivity contribution is -0.120. The molecule has 1 aliphatic heterocycles. The summed E-state index contributed by atoms with van der Waals surface area (Å²) in [7, 11) is 1.55. The Bertz CT molecular complexity index is 744. The van der Waals surface area contributed by atoms with E-state index in [9.17, 15) is 14.9 Å². The highest BCUT2D eigenvalue weighted by molar-refractivity contribution is 5.96. The van der Waals surface area contributed by atoms with Crippen LogP contribution in [-0.2, 0) is 4.79 Å². The van der Waals surface area contributed by atoms with Gasteiger partial charge in [-0.25, -0.2) is 0 Å². The summed E-state index contributed by atoms with van der Waals surface area (Å²) >= 11 is 0. The van der Waals surface area contributed by atoms with Crippen molar-refractivity contribution in [2.45, 2.75) is 44.1 Å². The van der Waals surface area contributed by atoms with Crippen molar-refractivity contribution >= 4 is 17.5 Å². The molecule has 2 fully saturated rings. The Balaban J connectivity index is 1.66. The zero-order valence-corrected chi connectivity index (χ0v) is 15.7. The molecule has 3 rings (SSSR count). The van der Waals surface area contributed by atoms with Crippen molar-refractivity contribution in [3.63, 3.8) is 0 Å². The first-order valence-electron chi connectivity index (χ1n) is 9.50. The van der Waals surface area contributed by atoms with Gasteiger partial charge in [0, 0.05) is 18.7 Å². The van der Waals surface area contributed by atoms with Crippen molar-refractivity contribution in [3.8, 4) is 11.8 Å². The number of likely N-dealkylation sites (tertiary alicyclic amines) is 1. The van der Waals surface area contributed by atoms with Gasteiger partial charge in [-0.05, 0) is 56.7 Å². The van der Waals surface area contributed by atoms with Gasteiger partial charge in [0.1, 0.15) is 11.3 Å². The lowest BCUT2D eigenvalue weighted by Gasteiger charge is -2.22. The molecule has 1 saturated heterocycles. The molecule has 2 N–H and O–H groups in total. The van der Waals surface area contributed by atoms with Gasteiger partial charge in [0.25, 0.3) is 5.91 Å². The first-order valence-corrected chi connectivity index (χ1v) is 9.50. The molecule has 1 aromatic carbocycles. The third kappa shape index (κ3) is 4.33. The highest BCUT2D eigenvalue weighted by atomic mass is 16.5. The summed E-state index contributed by atoms with van der Waals surface area (Å²) in [5.41, 5.74) is 0.427. The Labute approximate surface area is 159 Å². The molecule has 144 valence electrons. The van der Waals surface area contributed by atoms with E-state index in [0.717, 1.165) is 38.8 Å². The minimum Gasteiger partial charge on any atom is -0.495 e. The molecule has 7 nitrogen and oxygen atoms in total. The number of nitrogens with one attached hydrogen (secondary N) is 2. The molecule has 0 aromatic heterocycles. The number of nitrogens with zero attached hydrogens (tertiary/aromatic N) is 2. The molecule has 0 atom stereocenters. The number of hydrogen-bond donors (Lipinski definition) is 2. The molecule has 1 aliphatic carbocycles. The molecule has 2 aliphatic rings. The molecule has 1 aromatic rings. The van der Waals surface area contributed by atoms with Crippen molar-refractivity contribution in [3.05, 3.63) is 23.8 Å². The van der Waals surface area contributed by atoms with Gasteiger partial charge >= 0.3 is 0 Å². The van der Waals surface area contributed by atoms with E-state index < -0.39 is 5.54 Å². The Morgan fingerprint density at radius 2 is 1.93 bits per heavy atom. The molecule has 7 heteroatoms. The molecule has 27 heavy (non-hydrogen) atoms. The summed E-state index contributed by atoms with van der Waals surface area (Å²) in [5.74, 6) is 0.324. The Morgan fingerprint density at radius 3 is 2.56 bits per heavy atom. The minimum atomic E-state index is -0.740. The molecule has 0 radical (unpaired) electrons.